The molecule has 0 aliphatic carbocycles. The van der Waals surface area contributed by atoms with Gasteiger partial charge < -0.3 is 15.4 Å². The normalized spacial score (nSPS) is 10.4. The van der Waals surface area contributed by atoms with Crippen molar-refractivity contribution in [1.82, 2.24) is 15.3 Å². The van der Waals surface area contributed by atoms with Gasteiger partial charge in [-0.1, -0.05) is 44.2 Å². The molecule has 0 atom stereocenters. The summed E-state index contributed by atoms with van der Waals surface area (Å²) in [7, 11) is 1.62. The van der Waals surface area contributed by atoms with Gasteiger partial charge in [-0.3, -0.25) is 4.79 Å². The molecule has 6 heteroatoms. The summed E-state index contributed by atoms with van der Waals surface area (Å²) < 4.78 is 5.14. The quantitative estimate of drug-likeness (QED) is 0.600. The number of methoxy groups -OCH3 is 1. The largest absolute Gasteiger partial charge is 0.497 e. The number of aryl methyl sites for hydroxylation is 2. The molecule has 29 heavy (non-hydrogen) atoms. The first kappa shape index (κ1) is 20.3. The topological polar surface area (TPSA) is 76.1 Å². The number of rotatable bonds is 8. The molecule has 0 aliphatic rings. The van der Waals surface area contributed by atoms with Crippen molar-refractivity contribution in [3.63, 3.8) is 0 Å². The molecule has 3 aromatic rings. The third kappa shape index (κ3) is 5.10. The number of benzene rings is 2. The van der Waals surface area contributed by atoms with Crippen molar-refractivity contribution < 1.29 is 9.53 Å². The first-order valence-corrected chi connectivity index (χ1v) is 9.75. The summed E-state index contributed by atoms with van der Waals surface area (Å²) in [5.74, 6) is 1.14. The number of hydrogen-bond donors (Lipinski definition) is 2. The van der Waals surface area contributed by atoms with Crippen LogP contribution in [0.4, 0.5) is 11.5 Å². The minimum Gasteiger partial charge on any atom is -0.497 e. The summed E-state index contributed by atoms with van der Waals surface area (Å²) in [6.45, 7) is 4.66. The number of ether oxygens (including phenoxy) is 1. The molecule has 6 nitrogen and oxygen atoms in total. The molecule has 2 aromatic carbocycles. The Hall–Kier alpha value is -3.41. The van der Waals surface area contributed by atoms with E-state index in [-0.39, 0.29) is 11.6 Å². The lowest BCUT2D eigenvalue weighted by atomic mass is 10.0. The monoisotopic (exact) mass is 390 g/mol. The van der Waals surface area contributed by atoms with Crippen LogP contribution in [0.5, 0.6) is 5.75 Å². The second kappa shape index (κ2) is 9.68. The number of carbonyl (C=O) groups is 1. The molecule has 0 fully saturated rings. The van der Waals surface area contributed by atoms with Crippen molar-refractivity contribution in [2.24, 2.45) is 0 Å². The van der Waals surface area contributed by atoms with Crippen LogP contribution >= 0.6 is 0 Å². The van der Waals surface area contributed by atoms with Crippen molar-refractivity contribution in [2.45, 2.75) is 33.2 Å². The van der Waals surface area contributed by atoms with Crippen LogP contribution in [0.15, 0.2) is 54.9 Å². The van der Waals surface area contributed by atoms with Gasteiger partial charge in [-0.05, 0) is 41.7 Å². The standard InChI is InChI=1S/C23H26N4O2/c1-4-17-7-6-8-18(5-2)22(17)27-21-15-24-20(14-25-21)23(28)26-13-16-9-11-19(29-3)12-10-16/h6-12,14-15H,4-5,13H2,1-3H3,(H,25,27)(H,26,28). The maximum Gasteiger partial charge on any atom is 0.271 e. The highest BCUT2D eigenvalue weighted by Gasteiger charge is 2.10. The molecule has 150 valence electrons. The van der Waals surface area contributed by atoms with Crippen molar-refractivity contribution in [2.75, 3.05) is 12.4 Å². The molecule has 0 bridgehead atoms. The predicted molar refractivity (Wildman–Crippen MR) is 115 cm³/mol. The number of nitrogens with one attached hydrogen (secondary N) is 2. The Labute approximate surface area is 171 Å². The third-order valence-corrected chi connectivity index (χ3v) is 4.75. The van der Waals surface area contributed by atoms with Gasteiger partial charge in [-0.25, -0.2) is 9.97 Å². The summed E-state index contributed by atoms with van der Waals surface area (Å²) in [6.07, 6.45) is 4.94. The number of para-hydroxylation sites is 1. The van der Waals surface area contributed by atoms with Gasteiger partial charge in [0, 0.05) is 12.2 Å². The van der Waals surface area contributed by atoms with Gasteiger partial charge in [0.15, 0.2) is 0 Å². The summed E-state index contributed by atoms with van der Waals surface area (Å²) in [5, 5.41) is 6.22. The van der Waals surface area contributed by atoms with E-state index in [1.807, 2.05) is 24.3 Å². The molecule has 0 saturated carbocycles. The molecule has 0 saturated heterocycles. The fourth-order valence-corrected chi connectivity index (χ4v) is 3.06. The van der Waals surface area contributed by atoms with Crippen LogP contribution in [-0.2, 0) is 19.4 Å². The van der Waals surface area contributed by atoms with E-state index in [9.17, 15) is 4.79 Å². The minimum atomic E-state index is -0.261. The zero-order chi connectivity index (χ0) is 20.6. The lowest BCUT2D eigenvalue weighted by molar-refractivity contribution is 0.0945. The van der Waals surface area contributed by atoms with Gasteiger partial charge in [0.25, 0.3) is 5.91 Å². The SMILES string of the molecule is CCc1cccc(CC)c1Nc1cnc(C(=O)NCc2ccc(OC)cc2)cn1. The maximum absolute atomic E-state index is 12.4. The summed E-state index contributed by atoms with van der Waals surface area (Å²) in [6, 6.07) is 13.8. The molecule has 0 unspecified atom stereocenters. The average Bonchev–Trinajstić information content (AvgIpc) is 2.78. The van der Waals surface area contributed by atoms with Gasteiger partial charge >= 0.3 is 0 Å². The fourth-order valence-electron chi connectivity index (χ4n) is 3.06. The highest BCUT2D eigenvalue weighted by atomic mass is 16.5. The van der Waals surface area contributed by atoms with Gasteiger partial charge in [-0.15, -0.1) is 0 Å². The Morgan fingerprint density at radius 2 is 1.66 bits per heavy atom. The molecule has 1 amide bonds. The Bertz CT molecular complexity index is 931. The van der Waals surface area contributed by atoms with Gasteiger partial charge in [0.1, 0.15) is 17.3 Å². The van der Waals surface area contributed by atoms with Crippen molar-refractivity contribution in [3.8, 4) is 5.75 Å². The van der Waals surface area contributed by atoms with E-state index in [1.165, 1.54) is 17.3 Å². The van der Waals surface area contributed by atoms with Crippen LogP contribution in [0.3, 0.4) is 0 Å². The Morgan fingerprint density at radius 1 is 0.966 bits per heavy atom. The number of aromatic nitrogens is 2. The molecular formula is C23H26N4O2. The second-order valence-corrected chi connectivity index (χ2v) is 6.60. The number of hydrogen-bond acceptors (Lipinski definition) is 5. The lowest BCUT2D eigenvalue weighted by Crippen LogP contribution is -2.24. The van der Waals surface area contributed by atoms with Crippen LogP contribution in [0.2, 0.25) is 0 Å². The van der Waals surface area contributed by atoms with Crippen LogP contribution in [0, 0.1) is 0 Å². The first-order chi connectivity index (χ1) is 14.1. The van der Waals surface area contributed by atoms with E-state index >= 15 is 0 Å². The van der Waals surface area contributed by atoms with Gasteiger partial charge in [0.2, 0.25) is 0 Å². The van der Waals surface area contributed by atoms with Gasteiger partial charge in [-0.2, -0.15) is 0 Å². The molecular weight excluding hydrogens is 364 g/mol. The molecule has 0 radical (unpaired) electrons. The molecule has 1 heterocycles. The minimum absolute atomic E-state index is 0.261. The molecule has 1 aromatic heterocycles. The third-order valence-electron chi connectivity index (χ3n) is 4.75. The van der Waals surface area contributed by atoms with E-state index in [4.69, 9.17) is 4.74 Å². The molecule has 3 rings (SSSR count). The zero-order valence-corrected chi connectivity index (χ0v) is 17.0. The second-order valence-electron chi connectivity index (χ2n) is 6.60. The van der Waals surface area contributed by atoms with Crippen LogP contribution in [0.25, 0.3) is 0 Å². The highest BCUT2D eigenvalue weighted by Crippen LogP contribution is 2.25. The van der Waals surface area contributed by atoms with Gasteiger partial charge in [0.05, 0.1) is 19.5 Å². The number of carbonyl (C=O) groups excluding carboxylic acids is 1. The molecule has 2 N–H and O–H groups in total. The smallest absolute Gasteiger partial charge is 0.271 e. The van der Waals surface area contributed by atoms with E-state index in [0.717, 1.165) is 29.8 Å². The van der Waals surface area contributed by atoms with E-state index in [1.54, 1.807) is 13.3 Å². The summed E-state index contributed by atoms with van der Waals surface area (Å²) in [5.41, 5.74) is 4.79. The van der Waals surface area contributed by atoms with E-state index in [0.29, 0.717) is 12.4 Å². The van der Waals surface area contributed by atoms with Crippen molar-refractivity contribution in [1.29, 1.82) is 0 Å². The molecule has 0 spiro atoms. The average molecular weight is 390 g/mol. The first-order valence-electron chi connectivity index (χ1n) is 9.75. The summed E-state index contributed by atoms with van der Waals surface area (Å²) >= 11 is 0. The Balaban J connectivity index is 1.64. The van der Waals surface area contributed by atoms with Crippen molar-refractivity contribution >= 4 is 17.4 Å². The lowest BCUT2D eigenvalue weighted by Gasteiger charge is -2.14. The highest BCUT2D eigenvalue weighted by molar-refractivity contribution is 5.92. The maximum atomic E-state index is 12.4. The van der Waals surface area contributed by atoms with Crippen LogP contribution in [-0.4, -0.2) is 23.0 Å². The molecule has 0 aliphatic heterocycles. The summed E-state index contributed by atoms with van der Waals surface area (Å²) in [4.78, 5) is 21.0. The van der Waals surface area contributed by atoms with Crippen LogP contribution in [0.1, 0.15) is 41.0 Å². The van der Waals surface area contributed by atoms with E-state index < -0.39 is 0 Å². The number of amides is 1. The Kier molecular flexibility index (Phi) is 6.79. The zero-order valence-electron chi connectivity index (χ0n) is 17.0. The fraction of sp³-hybridized carbons (Fsp3) is 0.261. The van der Waals surface area contributed by atoms with E-state index in [2.05, 4.69) is 52.6 Å². The van der Waals surface area contributed by atoms with Crippen molar-refractivity contribution in [3.05, 3.63) is 77.2 Å². The predicted octanol–water partition coefficient (Wildman–Crippen LogP) is 4.28. The number of anilines is 2. The van der Waals surface area contributed by atoms with Crippen LogP contribution < -0.4 is 15.4 Å². The number of nitrogens with zero attached hydrogens (tertiary/aromatic N) is 2. The Morgan fingerprint density at radius 3 is 2.21 bits per heavy atom.